The summed E-state index contributed by atoms with van der Waals surface area (Å²) in [5.41, 5.74) is 1.15. The Morgan fingerprint density at radius 2 is 1.68 bits per heavy atom. The third kappa shape index (κ3) is 6.71. The fourth-order valence-electron chi connectivity index (χ4n) is 3.72. The molecule has 3 aromatic rings. The summed E-state index contributed by atoms with van der Waals surface area (Å²) in [6.07, 6.45) is 7.36. The number of halogens is 2. The molecule has 0 radical (unpaired) electrons. The Morgan fingerprint density at radius 1 is 0.971 bits per heavy atom. The van der Waals surface area contributed by atoms with E-state index in [4.69, 9.17) is 4.74 Å². The lowest BCUT2D eigenvalue weighted by Crippen LogP contribution is -2.31. The number of carbonyl (C=O) groups is 1. The van der Waals surface area contributed by atoms with Crippen LogP contribution in [0.25, 0.3) is 0 Å². The molecule has 7 nitrogen and oxygen atoms in total. The molecule has 0 spiro atoms. The van der Waals surface area contributed by atoms with Crippen molar-refractivity contribution in [2.24, 2.45) is 0 Å². The van der Waals surface area contributed by atoms with Crippen LogP contribution in [0.3, 0.4) is 0 Å². The van der Waals surface area contributed by atoms with Gasteiger partial charge in [-0.3, -0.25) is 4.79 Å². The SMILES string of the molecule is O=C(Nc1ccc(F)cc1)c1cnc(Nc2ccc(OCCCN3CCCCC3)c(F)c2)nc1. The minimum absolute atomic E-state index is 0.206. The maximum Gasteiger partial charge on any atom is 0.258 e. The first-order valence-electron chi connectivity index (χ1n) is 11.4. The molecule has 0 unspecified atom stereocenters. The molecule has 4 rings (SSSR count). The van der Waals surface area contributed by atoms with Crippen LogP contribution in [-0.4, -0.2) is 47.0 Å². The highest BCUT2D eigenvalue weighted by molar-refractivity contribution is 6.03. The highest BCUT2D eigenvalue weighted by Gasteiger charge is 2.11. The standard InChI is InChI=1S/C25H27F2N5O2/c26-19-5-7-20(8-6-19)30-24(33)18-16-28-25(29-17-18)31-21-9-10-23(22(27)15-21)34-14-4-13-32-11-2-1-3-12-32/h5-10,15-17H,1-4,11-14H2,(H,30,33)(H,28,29,31). The largest absolute Gasteiger partial charge is 0.490 e. The first-order chi connectivity index (χ1) is 16.6. The molecule has 0 aliphatic carbocycles. The molecule has 1 aliphatic heterocycles. The van der Waals surface area contributed by atoms with Gasteiger partial charge in [-0.1, -0.05) is 6.42 Å². The van der Waals surface area contributed by atoms with Crippen LogP contribution in [0.15, 0.2) is 54.9 Å². The zero-order valence-electron chi connectivity index (χ0n) is 18.8. The molecule has 1 fully saturated rings. The van der Waals surface area contributed by atoms with Crippen molar-refractivity contribution >= 4 is 23.2 Å². The average Bonchev–Trinajstić information content (AvgIpc) is 2.85. The van der Waals surface area contributed by atoms with Crippen molar-refractivity contribution in [1.82, 2.24) is 14.9 Å². The molecule has 178 valence electrons. The van der Waals surface area contributed by atoms with Gasteiger partial charge in [-0.2, -0.15) is 0 Å². The average molecular weight is 468 g/mol. The Labute approximate surface area is 197 Å². The molecule has 0 bridgehead atoms. The van der Waals surface area contributed by atoms with Crippen LogP contribution in [0.2, 0.25) is 0 Å². The van der Waals surface area contributed by atoms with E-state index in [2.05, 4.69) is 25.5 Å². The Bertz CT molecular complexity index is 1090. The van der Waals surface area contributed by atoms with Crippen LogP contribution in [0.1, 0.15) is 36.0 Å². The lowest BCUT2D eigenvalue weighted by molar-refractivity contribution is 0.102. The predicted octanol–water partition coefficient (Wildman–Crippen LogP) is 5.01. The van der Waals surface area contributed by atoms with Gasteiger partial charge in [-0.25, -0.2) is 18.7 Å². The van der Waals surface area contributed by atoms with Crippen LogP contribution < -0.4 is 15.4 Å². The third-order valence-corrected chi connectivity index (χ3v) is 5.53. The Balaban J connectivity index is 1.26. The fourth-order valence-corrected chi connectivity index (χ4v) is 3.72. The van der Waals surface area contributed by atoms with Gasteiger partial charge in [0.25, 0.3) is 5.91 Å². The van der Waals surface area contributed by atoms with Gasteiger partial charge in [0, 0.05) is 36.4 Å². The second-order valence-electron chi connectivity index (χ2n) is 8.13. The van der Waals surface area contributed by atoms with E-state index in [-0.39, 0.29) is 23.1 Å². The first-order valence-corrected chi connectivity index (χ1v) is 11.4. The minimum atomic E-state index is -0.474. The summed E-state index contributed by atoms with van der Waals surface area (Å²) in [6.45, 7) is 3.70. The molecule has 1 aliphatic rings. The topological polar surface area (TPSA) is 79.4 Å². The summed E-state index contributed by atoms with van der Waals surface area (Å²) in [5.74, 6) is -0.865. The zero-order valence-corrected chi connectivity index (χ0v) is 18.8. The van der Waals surface area contributed by atoms with Crippen molar-refractivity contribution in [1.29, 1.82) is 0 Å². The second-order valence-corrected chi connectivity index (χ2v) is 8.13. The number of carbonyl (C=O) groups excluding carboxylic acids is 1. The molecule has 9 heteroatoms. The molecule has 2 heterocycles. The number of ether oxygens (including phenoxy) is 1. The van der Waals surface area contributed by atoms with Crippen LogP contribution >= 0.6 is 0 Å². The molecule has 0 atom stereocenters. The highest BCUT2D eigenvalue weighted by atomic mass is 19.1. The van der Waals surface area contributed by atoms with Gasteiger partial charge < -0.3 is 20.3 Å². The number of nitrogens with one attached hydrogen (secondary N) is 2. The number of aromatic nitrogens is 2. The van der Waals surface area contributed by atoms with E-state index in [1.807, 2.05) is 0 Å². The van der Waals surface area contributed by atoms with E-state index in [0.717, 1.165) is 26.1 Å². The summed E-state index contributed by atoms with van der Waals surface area (Å²) in [7, 11) is 0. The lowest BCUT2D eigenvalue weighted by Gasteiger charge is -2.26. The maximum absolute atomic E-state index is 14.4. The predicted molar refractivity (Wildman–Crippen MR) is 126 cm³/mol. The quantitative estimate of drug-likeness (QED) is 0.431. The van der Waals surface area contributed by atoms with Crippen LogP contribution in [0.4, 0.5) is 26.1 Å². The van der Waals surface area contributed by atoms with E-state index < -0.39 is 11.7 Å². The third-order valence-electron chi connectivity index (χ3n) is 5.53. The van der Waals surface area contributed by atoms with Gasteiger partial charge in [-0.15, -0.1) is 0 Å². The van der Waals surface area contributed by atoms with E-state index in [1.54, 1.807) is 12.1 Å². The van der Waals surface area contributed by atoms with Crippen molar-refractivity contribution in [3.05, 3.63) is 72.1 Å². The van der Waals surface area contributed by atoms with Crippen molar-refractivity contribution in [3.8, 4) is 5.75 Å². The molecular formula is C25H27F2N5O2. The second kappa shape index (κ2) is 11.5. The van der Waals surface area contributed by atoms with Gasteiger partial charge in [0.2, 0.25) is 5.95 Å². The number of likely N-dealkylation sites (tertiary alicyclic amines) is 1. The van der Waals surface area contributed by atoms with Gasteiger partial charge in [0.15, 0.2) is 11.6 Å². The first kappa shape index (κ1) is 23.6. The molecule has 1 amide bonds. The van der Waals surface area contributed by atoms with E-state index in [0.29, 0.717) is 18.0 Å². The van der Waals surface area contributed by atoms with Crippen LogP contribution in [0.5, 0.6) is 5.75 Å². The Kier molecular flexibility index (Phi) is 7.98. The minimum Gasteiger partial charge on any atom is -0.490 e. The van der Waals surface area contributed by atoms with Gasteiger partial charge in [0.05, 0.1) is 12.2 Å². The summed E-state index contributed by atoms with van der Waals surface area (Å²) in [6, 6.07) is 10.00. The monoisotopic (exact) mass is 467 g/mol. The number of amides is 1. The van der Waals surface area contributed by atoms with E-state index in [1.165, 1.54) is 62.0 Å². The summed E-state index contributed by atoms with van der Waals surface area (Å²) in [5, 5.41) is 5.54. The molecule has 34 heavy (non-hydrogen) atoms. The van der Waals surface area contributed by atoms with Crippen molar-refractivity contribution in [3.63, 3.8) is 0 Å². The number of piperidine rings is 1. The number of hydrogen-bond acceptors (Lipinski definition) is 6. The molecule has 1 aromatic heterocycles. The van der Waals surface area contributed by atoms with Gasteiger partial charge in [-0.05, 0) is 68.8 Å². The van der Waals surface area contributed by atoms with Crippen LogP contribution in [-0.2, 0) is 0 Å². The molecule has 1 saturated heterocycles. The fraction of sp³-hybridized carbons (Fsp3) is 0.320. The molecule has 2 N–H and O–H groups in total. The summed E-state index contributed by atoms with van der Waals surface area (Å²) < 4.78 is 33.0. The van der Waals surface area contributed by atoms with E-state index >= 15 is 0 Å². The number of nitrogens with zero attached hydrogens (tertiary/aromatic N) is 3. The summed E-state index contributed by atoms with van der Waals surface area (Å²) >= 11 is 0. The molecular weight excluding hydrogens is 440 g/mol. The van der Waals surface area contributed by atoms with Crippen molar-refractivity contribution in [2.45, 2.75) is 25.7 Å². The van der Waals surface area contributed by atoms with Crippen LogP contribution in [0, 0.1) is 11.6 Å². The number of benzene rings is 2. The van der Waals surface area contributed by atoms with Gasteiger partial charge >= 0.3 is 0 Å². The molecule has 2 aromatic carbocycles. The zero-order chi connectivity index (χ0) is 23.8. The summed E-state index contributed by atoms with van der Waals surface area (Å²) in [4.78, 5) is 22.9. The highest BCUT2D eigenvalue weighted by Crippen LogP contribution is 2.23. The number of hydrogen-bond donors (Lipinski definition) is 2. The normalized spacial score (nSPS) is 13.9. The number of anilines is 3. The number of rotatable bonds is 9. The lowest BCUT2D eigenvalue weighted by atomic mass is 10.1. The van der Waals surface area contributed by atoms with Crippen molar-refractivity contribution in [2.75, 3.05) is 36.9 Å². The Hall–Kier alpha value is -3.59. The van der Waals surface area contributed by atoms with Gasteiger partial charge in [0.1, 0.15) is 5.82 Å². The smallest absolute Gasteiger partial charge is 0.258 e. The Morgan fingerprint density at radius 3 is 2.38 bits per heavy atom. The van der Waals surface area contributed by atoms with E-state index in [9.17, 15) is 13.6 Å². The molecule has 0 saturated carbocycles. The maximum atomic E-state index is 14.4. The van der Waals surface area contributed by atoms with Crippen molar-refractivity contribution < 1.29 is 18.3 Å².